The molecule has 1 amide bonds. The zero-order valence-corrected chi connectivity index (χ0v) is 16.2. The highest BCUT2D eigenvalue weighted by molar-refractivity contribution is 7.89. The molecule has 0 fully saturated rings. The molecule has 0 bridgehead atoms. The van der Waals surface area contributed by atoms with Gasteiger partial charge in [0, 0.05) is 24.2 Å². The second-order valence-electron chi connectivity index (χ2n) is 6.19. The van der Waals surface area contributed by atoms with Crippen LogP contribution in [0.25, 0.3) is 0 Å². The summed E-state index contributed by atoms with van der Waals surface area (Å²) in [6, 6.07) is 3.93. The molecule has 1 aromatic rings. The third kappa shape index (κ3) is 6.30. The Morgan fingerprint density at radius 2 is 2.00 bits per heavy atom. The van der Waals surface area contributed by atoms with E-state index >= 15 is 0 Å². The van der Waals surface area contributed by atoms with Gasteiger partial charge in [0.15, 0.2) is 0 Å². The predicted molar refractivity (Wildman–Crippen MR) is 98.3 cm³/mol. The quantitative estimate of drug-likeness (QED) is 0.579. The molecule has 25 heavy (non-hydrogen) atoms. The summed E-state index contributed by atoms with van der Waals surface area (Å²) in [5, 5.41) is 2.85. The van der Waals surface area contributed by atoms with E-state index in [1.807, 2.05) is 0 Å². The highest BCUT2D eigenvalue weighted by atomic mass is 32.2. The number of sulfonamides is 1. The molecule has 1 aromatic carbocycles. The van der Waals surface area contributed by atoms with Gasteiger partial charge in [-0.15, -0.1) is 0 Å². The average molecular weight is 372 g/mol. The van der Waals surface area contributed by atoms with Gasteiger partial charge in [-0.25, -0.2) is 13.1 Å². The Bertz CT molecular complexity index is 674. The number of nitrogens with one attached hydrogen (secondary N) is 2. The van der Waals surface area contributed by atoms with Gasteiger partial charge in [0.05, 0.1) is 7.11 Å². The number of unbranched alkanes of at least 4 members (excludes halogenated alkanes) is 1. The van der Waals surface area contributed by atoms with Gasteiger partial charge >= 0.3 is 0 Å². The van der Waals surface area contributed by atoms with E-state index in [0.29, 0.717) is 6.54 Å². The first kappa shape index (κ1) is 21.4. The van der Waals surface area contributed by atoms with Crippen LogP contribution in [0.2, 0.25) is 0 Å². The summed E-state index contributed by atoms with van der Waals surface area (Å²) in [7, 11) is -2.40. The lowest BCUT2D eigenvalue weighted by molar-refractivity contribution is 0.0935. The van der Waals surface area contributed by atoms with Gasteiger partial charge in [0.2, 0.25) is 10.0 Å². The molecule has 4 N–H and O–H groups in total. The summed E-state index contributed by atoms with van der Waals surface area (Å²) in [5.74, 6) is -0.165. The first-order valence-corrected chi connectivity index (χ1v) is 9.94. The van der Waals surface area contributed by atoms with Crippen LogP contribution < -0.4 is 20.5 Å². The Morgan fingerprint density at radius 3 is 2.52 bits per heavy atom. The third-order valence-electron chi connectivity index (χ3n) is 3.63. The number of carbonyl (C=O) groups is 1. The zero-order valence-electron chi connectivity index (χ0n) is 15.3. The Morgan fingerprint density at radius 1 is 1.32 bits per heavy atom. The fourth-order valence-electron chi connectivity index (χ4n) is 2.37. The van der Waals surface area contributed by atoms with Crippen molar-refractivity contribution in [3.63, 3.8) is 0 Å². The molecular formula is C17H29N3O4S. The van der Waals surface area contributed by atoms with Crippen LogP contribution in [0.15, 0.2) is 23.1 Å². The molecule has 1 unspecified atom stereocenters. The maximum absolute atomic E-state index is 12.5. The molecule has 0 heterocycles. The number of rotatable bonds is 10. The summed E-state index contributed by atoms with van der Waals surface area (Å²) in [5.41, 5.74) is 5.95. The van der Waals surface area contributed by atoms with E-state index in [2.05, 4.69) is 17.0 Å². The predicted octanol–water partition coefficient (Wildman–Crippen LogP) is 1.63. The lowest BCUT2D eigenvalue weighted by Gasteiger charge is -2.18. The Balaban J connectivity index is 3.10. The molecule has 142 valence electrons. The van der Waals surface area contributed by atoms with E-state index in [1.165, 1.54) is 25.3 Å². The summed E-state index contributed by atoms with van der Waals surface area (Å²) in [4.78, 5) is 12.4. The molecule has 1 rings (SSSR count). The number of methoxy groups -OCH3 is 1. The molecule has 0 aliphatic heterocycles. The van der Waals surface area contributed by atoms with Crippen LogP contribution in [-0.2, 0) is 10.0 Å². The van der Waals surface area contributed by atoms with E-state index < -0.39 is 10.0 Å². The standard InChI is InChI=1S/C17H29N3O4S/c1-5-6-7-14(11-18)19-17(21)13-8-9-15(24-4)16(10-13)25(22,23)20-12(2)3/h8-10,12,14,20H,5-7,11,18H2,1-4H3,(H,19,21). The van der Waals surface area contributed by atoms with Crippen LogP contribution in [0, 0.1) is 0 Å². The van der Waals surface area contributed by atoms with Crippen molar-refractivity contribution >= 4 is 15.9 Å². The molecule has 0 saturated carbocycles. The Labute approximate surface area is 150 Å². The highest BCUT2D eigenvalue weighted by Crippen LogP contribution is 2.25. The first-order chi connectivity index (χ1) is 11.7. The van der Waals surface area contributed by atoms with Crippen LogP contribution in [0.1, 0.15) is 50.4 Å². The summed E-state index contributed by atoms with van der Waals surface area (Å²) < 4.78 is 32.6. The van der Waals surface area contributed by atoms with Crippen LogP contribution in [0.4, 0.5) is 0 Å². The molecule has 1 atom stereocenters. The molecular weight excluding hydrogens is 342 g/mol. The van der Waals surface area contributed by atoms with Crippen molar-refractivity contribution in [2.45, 2.75) is 57.0 Å². The second-order valence-corrected chi connectivity index (χ2v) is 7.87. The molecule has 0 radical (unpaired) electrons. The number of carbonyl (C=O) groups excluding carboxylic acids is 1. The lowest BCUT2D eigenvalue weighted by atomic mass is 10.1. The minimum Gasteiger partial charge on any atom is -0.495 e. The van der Waals surface area contributed by atoms with E-state index in [4.69, 9.17) is 10.5 Å². The first-order valence-electron chi connectivity index (χ1n) is 8.46. The highest BCUT2D eigenvalue weighted by Gasteiger charge is 2.23. The Hall–Kier alpha value is -1.64. The average Bonchev–Trinajstić information content (AvgIpc) is 2.56. The van der Waals surface area contributed by atoms with Crippen molar-refractivity contribution < 1.29 is 17.9 Å². The summed E-state index contributed by atoms with van der Waals surface area (Å²) >= 11 is 0. The molecule has 0 aromatic heterocycles. The van der Waals surface area contributed by atoms with Crippen LogP contribution in [-0.4, -0.2) is 40.1 Å². The molecule has 0 aliphatic carbocycles. The van der Waals surface area contributed by atoms with E-state index in [1.54, 1.807) is 13.8 Å². The molecule has 0 aliphatic rings. The van der Waals surface area contributed by atoms with Crippen molar-refractivity contribution in [3.05, 3.63) is 23.8 Å². The molecule has 7 nitrogen and oxygen atoms in total. The number of ether oxygens (including phenoxy) is 1. The number of hydrogen-bond donors (Lipinski definition) is 3. The van der Waals surface area contributed by atoms with Crippen molar-refractivity contribution in [3.8, 4) is 5.75 Å². The van der Waals surface area contributed by atoms with Gasteiger partial charge in [-0.1, -0.05) is 19.8 Å². The van der Waals surface area contributed by atoms with Crippen molar-refractivity contribution in [2.24, 2.45) is 5.73 Å². The zero-order chi connectivity index (χ0) is 19.0. The third-order valence-corrected chi connectivity index (χ3v) is 5.31. The Kier molecular flexibility index (Phi) is 8.34. The monoisotopic (exact) mass is 371 g/mol. The molecule has 0 spiro atoms. The number of hydrogen-bond acceptors (Lipinski definition) is 5. The number of amides is 1. The van der Waals surface area contributed by atoms with Gasteiger partial charge in [0.25, 0.3) is 5.91 Å². The summed E-state index contributed by atoms with van der Waals surface area (Å²) in [6.07, 6.45) is 2.76. The van der Waals surface area contributed by atoms with E-state index in [0.717, 1.165) is 19.3 Å². The number of benzene rings is 1. The second kappa shape index (κ2) is 9.74. The maximum atomic E-state index is 12.5. The SMILES string of the molecule is CCCCC(CN)NC(=O)c1ccc(OC)c(S(=O)(=O)NC(C)C)c1. The van der Waals surface area contributed by atoms with Gasteiger partial charge < -0.3 is 15.8 Å². The van der Waals surface area contributed by atoms with Crippen molar-refractivity contribution in [2.75, 3.05) is 13.7 Å². The fourth-order valence-corrected chi connectivity index (χ4v) is 3.82. The molecule has 8 heteroatoms. The lowest BCUT2D eigenvalue weighted by Crippen LogP contribution is -2.40. The summed E-state index contributed by atoms with van der Waals surface area (Å²) in [6.45, 7) is 5.85. The van der Waals surface area contributed by atoms with Gasteiger partial charge in [-0.3, -0.25) is 4.79 Å². The smallest absolute Gasteiger partial charge is 0.251 e. The fraction of sp³-hybridized carbons (Fsp3) is 0.588. The van der Waals surface area contributed by atoms with Crippen LogP contribution >= 0.6 is 0 Å². The topological polar surface area (TPSA) is 111 Å². The minimum absolute atomic E-state index is 0.0609. The largest absolute Gasteiger partial charge is 0.495 e. The minimum atomic E-state index is -3.79. The van der Waals surface area contributed by atoms with Crippen LogP contribution in [0.3, 0.4) is 0 Å². The van der Waals surface area contributed by atoms with Gasteiger partial charge in [0.1, 0.15) is 10.6 Å². The van der Waals surface area contributed by atoms with E-state index in [9.17, 15) is 13.2 Å². The van der Waals surface area contributed by atoms with Crippen molar-refractivity contribution in [1.29, 1.82) is 0 Å². The number of nitrogens with two attached hydrogens (primary N) is 1. The van der Waals surface area contributed by atoms with E-state index in [-0.39, 0.29) is 34.2 Å². The molecule has 0 saturated heterocycles. The van der Waals surface area contributed by atoms with Crippen LogP contribution in [0.5, 0.6) is 5.75 Å². The maximum Gasteiger partial charge on any atom is 0.251 e. The van der Waals surface area contributed by atoms with Crippen molar-refractivity contribution in [1.82, 2.24) is 10.0 Å². The van der Waals surface area contributed by atoms with Gasteiger partial charge in [-0.05, 0) is 38.5 Å². The normalized spacial score (nSPS) is 12.9. The van der Waals surface area contributed by atoms with Gasteiger partial charge in [-0.2, -0.15) is 0 Å².